The first-order valence-electron chi connectivity index (χ1n) is 11.0. The van der Waals surface area contributed by atoms with Gasteiger partial charge >= 0.3 is 5.97 Å². The summed E-state index contributed by atoms with van der Waals surface area (Å²) in [4.78, 5) is 24.9. The van der Waals surface area contributed by atoms with Crippen molar-refractivity contribution in [2.45, 2.75) is 32.7 Å². The van der Waals surface area contributed by atoms with Crippen LogP contribution in [0.4, 0.5) is 0 Å². The van der Waals surface area contributed by atoms with Gasteiger partial charge in [0.25, 0.3) is 5.91 Å². The Labute approximate surface area is 206 Å². The van der Waals surface area contributed by atoms with Gasteiger partial charge in [0.15, 0.2) is 11.5 Å². The van der Waals surface area contributed by atoms with Crippen molar-refractivity contribution in [1.29, 1.82) is 0 Å². The van der Waals surface area contributed by atoms with Crippen molar-refractivity contribution >= 4 is 27.8 Å². The van der Waals surface area contributed by atoms with Crippen LogP contribution in [0.2, 0.25) is 0 Å². The lowest BCUT2D eigenvalue weighted by Crippen LogP contribution is -2.34. The van der Waals surface area contributed by atoms with Crippen LogP contribution in [0.1, 0.15) is 41.6 Å². The van der Waals surface area contributed by atoms with Crippen LogP contribution in [0.25, 0.3) is 16.9 Å². The number of hydrogen-bond donors (Lipinski definition) is 1. The molecule has 0 bridgehead atoms. The Hall–Kier alpha value is -3.01. The summed E-state index contributed by atoms with van der Waals surface area (Å²) < 4.78 is 19.0. The van der Waals surface area contributed by atoms with E-state index in [1.807, 2.05) is 38.1 Å². The van der Waals surface area contributed by atoms with Gasteiger partial charge in [0, 0.05) is 22.1 Å². The van der Waals surface area contributed by atoms with Crippen LogP contribution in [0.15, 0.2) is 59.1 Å². The summed E-state index contributed by atoms with van der Waals surface area (Å²) in [6.45, 7) is 6.50. The Bertz CT molecular complexity index is 1170. The maximum absolute atomic E-state index is 12.6. The van der Waals surface area contributed by atoms with Gasteiger partial charge in [-0.15, -0.1) is 0 Å². The zero-order valence-corrected chi connectivity index (χ0v) is 20.8. The van der Waals surface area contributed by atoms with Gasteiger partial charge < -0.3 is 19.5 Å². The van der Waals surface area contributed by atoms with Crippen molar-refractivity contribution in [3.63, 3.8) is 0 Å². The highest BCUT2D eigenvalue weighted by molar-refractivity contribution is 9.10. The largest absolute Gasteiger partial charge is 0.461 e. The molecule has 0 radical (unpaired) electrons. The third kappa shape index (κ3) is 5.55. The van der Waals surface area contributed by atoms with Crippen LogP contribution in [0.5, 0.6) is 0 Å². The fraction of sp³-hybridized carbons (Fsp3) is 0.320. The highest BCUT2D eigenvalue weighted by Crippen LogP contribution is 2.26. The molecule has 1 unspecified atom stereocenters. The Morgan fingerprint density at radius 2 is 1.88 bits per heavy atom. The molecular formula is C25H26BrN3O5. The molecule has 1 amide bonds. The van der Waals surface area contributed by atoms with Crippen LogP contribution in [0, 0.1) is 0 Å². The maximum atomic E-state index is 12.6. The number of carbonyl (C=O) groups is 2. The summed E-state index contributed by atoms with van der Waals surface area (Å²) in [7, 11) is 0. The number of nitrogens with one attached hydrogen (secondary N) is 1. The zero-order chi connectivity index (χ0) is 24.3. The lowest BCUT2D eigenvalue weighted by Gasteiger charge is -2.17. The average molecular weight is 528 g/mol. The van der Waals surface area contributed by atoms with Gasteiger partial charge in [-0.1, -0.05) is 28.1 Å². The molecule has 34 heavy (non-hydrogen) atoms. The van der Waals surface area contributed by atoms with E-state index < -0.39 is 11.8 Å². The van der Waals surface area contributed by atoms with Crippen LogP contribution < -0.4 is 5.32 Å². The van der Waals surface area contributed by atoms with E-state index in [0.717, 1.165) is 15.7 Å². The summed E-state index contributed by atoms with van der Waals surface area (Å²) in [5.74, 6) is -1.33. The monoisotopic (exact) mass is 527 g/mol. The fourth-order valence-electron chi connectivity index (χ4n) is 3.64. The normalized spacial score (nSPS) is 16.9. The summed E-state index contributed by atoms with van der Waals surface area (Å²) in [5, 5.41) is 7.36. The van der Waals surface area contributed by atoms with Gasteiger partial charge in [-0.25, -0.2) is 9.48 Å². The van der Waals surface area contributed by atoms with Crippen LogP contribution in [-0.2, 0) is 14.2 Å². The van der Waals surface area contributed by atoms with Crippen molar-refractivity contribution in [3.8, 4) is 16.9 Å². The number of ether oxygens (including phenoxy) is 3. The van der Waals surface area contributed by atoms with E-state index >= 15 is 0 Å². The van der Waals surface area contributed by atoms with E-state index in [1.165, 1.54) is 0 Å². The molecule has 1 N–H and O–H groups in total. The van der Waals surface area contributed by atoms with Crippen molar-refractivity contribution in [3.05, 3.63) is 70.3 Å². The highest BCUT2D eigenvalue weighted by atomic mass is 79.9. The number of carbonyl (C=O) groups excluding carboxylic acids is 2. The second-order valence-electron chi connectivity index (χ2n) is 8.26. The van der Waals surface area contributed by atoms with Gasteiger partial charge in [-0.05, 0) is 63.2 Å². The molecule has 1 aromatic heterocycles. The molecule has 2 heterocycles. The Kier molecular flexibility index (Phi) is 7.16. The molecule has 3 aromatic rings. The first-order chi connectivity index (χ1) is 16.3. The SMILES string of the molecule is CCOC(=O)c1cc(-c2ccc(Br)cc2)n(-c2ccc(C(=O)NCC3COC(C)(C)O3)cc2)n1. The number of hydrogen-bond acceptors (Lipinski definition) is 6. The van der Waals surface area contributed by atoms with Gasteiger partial charge in [0.05, 0.1) is 24.6 Å². The van der Waals surface area contributed by atoms with E-state index in [1.54, 1.807) is 41.9 Å². The lowest BCUT2D eigenvalue weighted by atomic mass is 10.1. The Morgan fingerprint density at radius 1 is 1.18 bits per heavy atom. The minimum atomic E-state index is -0.629. The number of rotatable bonds is 7. The minimum Gasteiger partial charge on any atom is -0.461 e. The quantitative estimate of drug-likeness (QED) is 0.459. The number of halogens is 1. The van der Waals surface area contributed by atoms with Gasteiger partial charge in [0.2, 0.25) is 0 Å². The Balaban J connectivity index is 1.54. The predicted molar refractivity (Wildman–Crippen MR) is 130 cm³/mol. The second kappa shape index (κ2) is 10.1. The van der Waals surface area contributed by atoms with E-state index in [9.17, 15) is 9.59 Å². The number of esters is 1. The number of aromatic nitrogens is 2. The third-order valence-corrected chi connectivity index (χ3v) is 5.79. The minimum absolute atomic E-state index is 0.183. The van der Waals surface area contributed by atoms with Crippen molar-refractivity contribution in [2.24, 2.45) is 0 Å². The lowest BCUT2D eigenvalue weighted by molar-refractivity contribution is -0.137. The van der Waals surface area contributed by atoms with Gasteiger partial charge in [-0.3, -0.25) is 4.79 Å². The second-order valence-corrected chi connectivity index (χ2v) is 9.18. The zero-order valence-electron chi connectivity index (χ0n) is 19.2. The first-order valence-corrected chi connectivity index (χ1v) is 11.8. The molecule has 0 spiro atoms. The summed E-state index contributed by atoms with van der Waals surface area (Å²) >= 11 is 3.44. The van der Waals surface area contributed by atoms with Crippen LogP contribution in [-0.4, -0.2) is 53.3 Å². The molecular weight excluding hydrogens is 502 g/mol. The van der Waals surface area contributed by atoms with Gasteiger partial charge in [-0.2, -0.15) is 5.10 Å². The van der Waals surface area contributed by atoms with E-state index in [2.05, 4.69) is 26.3 Å². The molecule has 2 aromatic carbocycles. The predicted octanol–water partition coefficient (Wildman–Crippen LogP) is 4.36. The van der Waals surface area contributed by atoms with E-state index in [4.69, 9.17) is 14.2 Å². The van der Waals surface area contributed by atoms with Crippen molar-refractivity contribution < 1.29 is 23.8 Å². The highest BCUT2D eigenvalue weighted by Gasteiger charge is 2.32. The molecule has 9 heteroatoms. The maximum Gasteiger partial charge on any atom is 0.358 e. The third-order valence-electron chi connectivity index (χ3n) is 5.27. The van der Waals surface area contributed by atoms with Crippen LogP contribution in [0.3, 0.4) is 0 Å². The molecule has 0 saturated carbocycles. The molecule has 1 aliphatic rings. The van der Waals surface area contributed by atoms with E-state index in [0.29, 0.717) is 24.4 Å². The summed E-state index contributed by atoms with van der Waals surface area (Å²) in [6, 6.07) is 16.4. The molecule has 8 nitrogen and oxygen atoms in total. The van der Waals surface area contributed by atoms with Crippen molar-refractivity contribution in [2.75, 3.05) is 19.8 Å². The number of nitrogens with zero attached hydrogens (tertiary/aromatic N) is 2. The summed E-state index contributed by atoms with van der Waals surface area (Å²) in [6.07, 6.45) is -0.183. The molecule has 1 fully saturated rings. The number of benzene rings is 2. The molecule has 4 rings (SSSR count). The Morgan fingerprint density at radius 3 is 2.50 bits per heavy atom. The first kappa shape index (κ1) is 24.1. The van der Waals surface area contributed by atoms with Crippen LogP contribution >= 0.6 is 15.9 Å². The number of amides is 1. The molecule has 0 aliphatic carbocycles. The molecule has 178 valence electrons. The molecule has 1 aliphatic heterocycles. The molecule has 1 saturated heterocycles. The standard InChI is InChI=1S/C25H26BrN3O5/c1-4-32-24(31)21-13-22(16-5-9-18(26)10-6-16)29(28-21)19-11-7-17(8-12-19)23(30)27-14-20-15-33-25(2,3)34-20/h5-13,20H,4,14-15H2,1-3H3,(H,27,30). The molecule has 1 atom stereocenters. The topological polar surface area (TPSA) is 91.7 Å². The fourth-order valence-corrected chi connectivity index (χ4v) is 3.90. The van der Waals surface area contributed by atoms with Gasteiger partial charge in [0.1, 0.15) is 6.10 Å². The summed E-state index contributed by atoms with van der Waals surface area (Å²) in [5.41, 5.74) is 3.04. The smallest absolute Gasteiger partial charge is 0.358 e. The van der Waals surface area contributed by atoms with E-state index in [-0.39, 0.29) is 24.3 Å². The van der Waals surface area contributed by atoms with Crippen molar-refractivity contribution in [1.82, 2.24) is 15.1 Å². The average Bonchev–Trinajstić information content (AvgIpc) is 3.42.